The van der Waals surface area contributed by atoms with Crippen molar-refractivity contribution in [3.8, 4) is 0 Å². The molecule has 7 nitrogen and oxygen atoms in total. The van der Waals surface area contributed by atoms with Gasteiger partial charge in [-0.25, -0.2) is 4.79 Å². The number of nitrogens with zero attached hydrogens (tertiary/aromatic N) is 3. The Morgan fingerprint density at radius 3 is 2.49 bits per heavy atom. The number of hydrogen-bond donors (Lipinski definition) is 0. The van der Waals surface area contributed by atoms with Gasteiger partial charge in [0.25, 0.3) is 5.91 Å². The minimum atomic E-state index is -0.317. The maximum atomic E-state index is 13.4. The number of rotatable bonds is 7. The van der Waals surface area contributed by atoms with E-state index >= 15 is 0 Å². The Kier molecular flexibility index (Phi) is 8.35. The quantitative estimate of drug-likeness (QED) is 0.359. The molecule has 4 fully saturated rings. The van der Waals surface area contributed by atoms with E-state index in [0.29, 0.717) is 11.8 Å². The highest BCUT2D eigenvalue weighted by atomic mass is 16.6. The molecule has 1 aliphatic carbocycles. The molecule has 1 spiro atoms. The smallest absolute Gasteiger partial charge is 0.410 e. The van der Waals surface area contributed by atoms with Crippen LogP contribution in [0.25, 0.3) is 11.0 Å². The third kappa shape index (κ3) is 5.76. The number of amides is 2. The Morgan fingerprint density at radius 2 is 1.76 bits per heavy atom. The minimum absolute atomic E-state index is 0.0602. The number of unbranched alkanes of at least 4 members (excludes halogenated alkanes) is 1. The van der Waals surface area contributed by atoms with Gasteiger partial charge in [0.15, 0.2) is 0 Å². The molecule has 4 aliphatic rings. The topological polar surface area (TPSA) is 66.2 Å². The lowest BCUT2D eigenvalue weighted by atomic mass is 9.74. The van der Waals surface area contributed by atoms with E-state index in [1.54, 1.807) is 6.26 Å². The Hall–Kier alpha value is -2.54. The summed E-state index contributed by atoms with van der Waals surface area (Å²) in [6, 6.07) is 7.61. The monoisotopic (exact) mass is 563 g/mol. The summed E-state index contributed by atoms with van der Waals surface area (Å²) in [5.74, 6) is 1.16. The van der Waals surface area contributed by atoms with Crippen molar-refractivity contribution in [3.05, 3.63) is 36.1 Å². The predicted molar refractivity (Wildman–Crippen MR) is 161 cm³/mol. The highest BCUT2D eigenvalue weighted by molar-refractivity contribution is 6.05. The molecule has 3 saturated heterocycles. The van der Waals surface area contributed by atoms with Crippen LogP contribution >= 0.6 is 0 Å². The van der Waals surface area contributed by atoms with Crippen LogP contribution in [-0.4, -0.2) is 77.1 Å². The van der Waals surface area contributed by atoms with Crippen LogP contribution in [0.4, 0.5) is 4.79 Å². The molecule has 2 aromatic rings. The fourth-order valence-electron chi connectivity index (χ4n) is 8.26. The van der Waals surface area contributed by atoms with Crippen LogP contribution in [-0.2, 0) is 4.74 Å². The number of fused-ring (bicyclic) bond motifs is 1. The molecule has 0 radical (unpaired) electrons. The molecule has 1 atom stereocenters. The molecule has 7 heteroatoms. The molecule has 1 aromatic heterocycles. The molecule has 4 heterocycles. The van der Waals surface area contributed by atoms with Gasteiger partial charge < -0.3 is 19.0 Å². The highest BCUT2D eigenvalue weighted by Gasteiger charge is 2.51. The average molecular weight is 564 g/mol. The second-order valence-electron chi connectivity index (χ2n) is 13.6. The fourth-order valence-corrected chi connectivity index (χ4v) is 8.26. The second-order valence-corrected chi connectivity index (χ2v) is 13.6. The van der Waals surface area contributed by atoms with E-state index in [4.69, 9.17) is 9.15 Å². The van der Waals surface area contributed by atoms with Gasteiger partial charge in [-0.3, -0.25) is 9.69 Å². The number of carbonyl (C=O) groups is 2. The zero-order valence-corrected chi connectivity index (χ0v) is 25.2. The molecule has 2 amide bonds. The Morgan fingerprint density at radius 1 is 1.00 bits per heavy atom. The number of likely N-dealkylation sites (tertiary alicyclic amines) is 2. The van der Waals surface area contributed by atoms with E-state index in [-0.39, 0.29) is 23.1 Å². The zero-order valence-electron chi connectivity index (χ0n) is 25.2. The molecule has 41 heavy (non-hydrogen) atoms. The van der Waals surface area contributed by atoms with Crippen molar-refractivity contribution in [2.45, 2.75) is 102 Å². The molecular weight excluding hydrogens is 514 g/mol. The Labute approximate surface area is 245 Å². The van der Waals surface area contributed by atoms with E-state index in [2.05, 4.69) is 23.6 Å². The van der Waals surface area contributed by atoms with Crippen molar-refractivity contribution < 1.29 is 18.7 Å². The lowest BCUT2D eigenvalue weighted by Gasteiger charge is -2.55. The third-order valence-electron chi connectivity index (χ3n) is 11.1. The number of furan rings is 1. The van der Waals surface area contributed by atoms with Crippen molar-refractivity contribution in [2.24, 2.45) is 11.8 Å². The van der Waals surface area contributed by atoms with Crippen LogP contribution in [0.5, 0.6) is 0 Å². The first-order valence-corrected chi connectivity index (χ1v) is 16.4. The largest absolute Gasteiger partial charge is 0.464 e. The number of ether oxygens (including phenoxy) is 1. The van der Waals surface area contributed by atoms with E-state index in [0.717, 1.165) is 87.9 Å². The van der Waals surface area contributed by atoms with Crippen LogP contribution < -0.4 is 0 Å². The van der Waals surface area contributed by atoms with Crippen LogP contribution in [0.3, 0.4) is 0 Å². The maximum Gasteiger partial charge on any atom is 0.410 e. The second kappa shape index (κ2) is 12.0. The SMILES string of the molecule is CCCCC1CN(CC2CCCCC2)C(=O)OC12CCN(C1(C)CCN(C(=O)c3cccc4occc34)CC1)CC2. The molecular formula is C34H49N3O4. The van der Waals surface area contributed by atoms with E-state index in [9.17, 15) is 9.59 Å². The molecule has 3 aliphatic heterocycles. The van der Waals surface area contributed by atoms with Gasteiger partial charge in [0.1, 0.15) is 11.2 Å². The summed E-state index contributed by atoms with van der Waals surface area (Å²) in [6.45, 7) is 9.81. The lowest BCUT2D eigenvalue weighted by Crippen LogP contribution is -2.63. The van der Waals surface area contributed by atoms with Crippen LogP contribution in [0.2, 0.25) is 0 Å². The Bertz CT molecular complexity index is 1200. The van der Waals surface area contributed by atoms with Gasteiger partial charge in [-0.1, -0.05) is 45.1 Å². The van der Waals surface area contributed by atoms with Crippen LogP contribution in [0.1, 0.15) is 101 Å². The van der Waals surface area contributed by atoms with Gasteiger partial charge in [0.2, 0.25) is 0 Å². The zero-order chi connectivity index (χ0) is 28.5. The molecule has 6 rings (SSSR count). The summed E-state index contributed by atoms with van der Waals surface area (Å²) < 4.78 is 12.0. The summed E-state index contributed by atoms with van der Waals surface area (Å²) in [7, 11) is 0. The Balaban J connectivity index is 1.07. The third-order valence-corrected chi connectivity index (χ3v) is 11.1. The van der Waals surface area contributed by atoms with Gasteiger partial charge >= 0.3 is 6.09 Å². The van der Waals surface area contributed by atoms with Gasteiger partial charge in [0.05, 0.1) is 11.8 Å². The summed E-state index contributed by atoms with van der Waals surface area (Å²) in [5, 5.41) is 0.893. The molecule has 1 saturated carbocycles. The molecule has 0 bridgehead atoms. The van der Waals surface area contributed by atoms with Gasteiger partial charge in [-0.05, 0) is 63.1 Å². The average Bonchev–Trinajstić information content (AvgIpc) is 3.48. The summed E-state index contributed by atoms with van der Waals surface area (Å²) in [5.41, 5.74) is 1.24. The van der Waals surface area contributed by atoms with Crippen molar-refractivity contribution in [3.63, 3.8) is 0 Å². The first-order valence-electron chi connectivity index (χ1n) is 16.4. The van der Waals surface area contributed by atoms with Crippen LogP contribution in [0, 0.1) is 11.8 Å². The molecule has 224 valence electrons. The molecule has 1 unspecified atom stereocenters. The van der Waals surface area contributed by atoms with Gasteiger partial charge in [-0.2, -0.15) is 0 Å². The normalized spacial score (nSPS) is 25.5. The van der Waals surface area contributed by atoms with Crippen LogP contribution in [0.15, 0.2) is 34.9 Å². The lowest BCUT2D eigenvalue weighted by molar-refractivity contribution is -0.134. The fraction of sp³-hybridized carbons (Fsp3) is 0.706. The van der Waals surface area contributed by atoms with Crippen molar-refractivity contribution >= 4 is 23.0 Å². The molecule has 0 N–H and O–H groups in total. The van der Waals surface area contributed by atoms with Crippen molar-refractivity contribution in [2.75, 3.05) is 39.3 Å². The molecule has 1 aromatic carbocycles. The summed E-state index contributed by atoms with van der Waals surface area (Å²) in [6.07, 6.45) is 15.3. The summed E-state index contributed by atoms with van der Waals surface area (Å²) >= 11 is 0. The van der Waals surface area contributed by atoms with Crippen molar-refractivity contribution in [1.82, 2.24) is 14.7 Å². The van der Waals surface area contributed by atoms with E-state index in [1.807, 2.05) is 29.2 Å². The highest BCUT2D eigenvalue weighted by Crippen LogP contribution is 2.44. The van der Waals surface area contributed by atoms with Gasteiger partial charge in [0, 0.05) is 69.0 Å². The first-order chi connectivity index (χ1) is 19.9. The standard InChI is InChI=1S/C34H49N3O4/c1-3-4-11-27-25-36(24-26-9-6-5-7-10-26)32(39)41-34(27)17-21-37(22-18-34)33(2)15-19-35(20-16-33)31(38)29-12-8-13-30-28(29)14-23-40-30/h8,12-14,23,26-27H,3-7,9-11,15-22,24-25H2,1-2H3. The van der Waals surface area contributed by atoms with E-state index < -0.39 is 0 Å². The first kappa shape index (κ1) is 28.6. The van der Waals surface area contributed by atoms with Crippen molar-refractivity contribution in [1.29, 1.82) is 0 Å². The number of carbonyl (C=O) groups excluding carboxylic acids is 2. The van der Waals surface area contributed by atoms with E-state index in [1.165, 1.54) is 44.9 Å². The number of piperidine rings is 2. The number of hydrogen-bond acceptors (Lipinski definition) is 5. The summed E-state index contributed by atoms with van der Waals surface area (Å²) in [4.78, 5) is 33.5. The van der Waals surface area contributed by atoms with Gasteiger partial charge in [-0.15, -0.1) is 0 Å². The minimum Gasteiger partial charge on any atom is -0.464 e. The number of benzene rings is 1. The maximum absolute atomic E-state index is 13.4. The predicted octanol–water partition coefficient (Wildman–Crippen LogP) is 7.10.